The molecule has 0 saturated carbocycles. The summed E-state index contributed by atoms with van der Waals surface area (Å²) in [6.45, 7) is 0.353. The third-order valence-electron chi connectivity index (χ3n) is 1.80. The van der Waals surface area contributed by atoms with E-state index in [9.17, 15) is 9.59 Å². The largest absolute Gasteiger partial charge is 0.496 e. The molecule has 0 bridgehead atoms. The molecule has 0 atom stereocenters. The van der Waals surface area contributed by atoms with Crippen molar-refractivity contribution in [1.82, 2.24) is 0 Å². The number of ketones is 1. The molecular formula is C12H12O4. The van der Waals surface area contributed by atoms with E-state index >= 15 is 0 Å². The maximum Gasteiger partial charge on any atom is 0.378 e. The molecule has 0 heterocycles. The summed E-state index contributed by atoms with van der Waals surface area (Å²) >= 11 is 0. The van der Waals surface area contributed by atoms with Crippen LogP contribution in [-0.4, -0.2) is 18.9 Å². The quantitative estimate of drug-likeness (QED) is 0.326. The highest BCUT2D eigenvalue weighted by molar-refractivity contribution is 6.38. The molecule has 0 N–H and O–H groups in total. The van der Waals surface area contributed by atoms with Gasteiger partial charge in [-0.05, 0) is 5.56 Å². The fraction of sp³-hybridized carbons (Fsp3) is 0.167. The highest BCUT2D eigenvalue weighted by Gasteiger charge is 2.08. The van der Waals surface area contributed by atoms with Gasteiger partial charge in [-0.2, -0.15) is 0 Å². The number of ether oxygens (including phenoxy) is 2. The Hall–Kier alpha value is -2.10. The molecule has 1 aromatic rings. The SMILES string of the molecule is COC(=O)C(=O)/C=C/OCc1ccccc1. The lowest BCUT2D eigenvalue weighted by atomic mass is 10.2. The normalized spacial score (nSPS) is 10.1. The van der Waals surface area contributed by atoms with E-state index in [1.54, 1.807) is 0 Å². The third kappa shape index (κ3) is 3.96. The molecule has 0 aromatic heterocycles. The monoisotopic (exact) mass is 220 g/mol. The number of esters is 1. The maximum absolute atomic E-state index is 10.9. The van der Waals surface area contributed by atoms with Crippen molar-refractivity contribution in [2.24, 2.45) is 0 Å². The standard InChI is InChI=1S/C12H12O4/c1-15-12(14)11(13)7-8-16-9-10-5-3-2-4-6-10/h2-8H,9H2,1H3/b8-7+. The summed E-state index contributed by atoms with van der Waals surface area (Å²) in [6.07, 6.45) is 2.22. The Morgan fingerprint density at radius 2 is 1.94 bits per heavy atom. The van der Waals surface area contributed by atoms with Gasteiger partial charge in [-0.1, -0.05) is 30.3 Å². The van der Waals surface area contributed by atoms with Crippen LogP contribution in [0.1, 0.15) is 5.56 Å². The lowest BCUT2D eigenvalue weighted by molar-refractivity contribution is -0.149. The van der Waals surface area contributed by atoms with Crippen LogP contribution < -0.4 is 0 Å². The molecule has 0 unspecified atom stereocenters. The van der Waals surface area contributed by atoms with Gasteiger partial charge in [-0.25, -0.2) is 4.79 Å². The van der Waals surface area contributed by atoms with Crippen LogP contribution in [0.25, 0.3) is 0 Å². The summed E-state index contributed by atoms with van der Waals surface area (Å²) in [7, 11) is 1.15. The van der Waals surface area contributed by atoms with E-state index in [0.29, 0.717) is 6.61 Å². The first-order chi connectivity index (χ1) is 7.74. The van der Waals surface area contributed by atoms with Crippen LogP contribution in [0.5, 0.6) is 0 Å². The zero-order valence-electron chi connectivity index (χ0n) is 8.88. The zero-order valence-corrected chi connectivity index (χ0v) is 8.88. The van der Waals surface area contributed by atoms with Gasteiger partial charge in [0.2, 0.25) is 0 Å². The molecule has 0 saturated heterocycles. The van der Waals surface area contributed by atoms with Gasteiger partial charge in [-0.15, -0.1) is 0 Å². The van der Waals surface area contributed by atoms with Crippen molar-refractivity contribution in [1.29, 1.82) is 0 Å². The van der Waals surface area contributed by atoms with Crippen molar-refractivity contribution in [3.8, 4) is 0 Å². The van der Waals surface area contributed by atoms with Crippen LogP contribution >= 0.6 is 0 Å². The van der Waals surface area contributed by atoms with Crippen LogP contribution in [0.15, 0.2) is 42.7 Å². The van der Waals surface area contributed by atoms with E-state index in [2.05, 4.69) is 4.74 Å². The van der Waals surface area contributed by atoms with Crippen molar-refractivity contribution in [3.05, 3.63) is 48.2 Å². The van der Waals surface area contributed by atoms with Crippen LogP contribution in [-0.2, 0) is 25.7 Å². The number of rotatable bonds is 5. The Kier molecular flexibility index (Phi) is 4.79. The van der Waals surface area contributed by atoms with Crippen molar-refractivity contribution >= 4 is 11.8 Å². The Balaban J connectivity index is 2.33. The number of benzene rings is 1. The third-order valence-corrected chi connectivity index (χ3v) is 1.80. The molecule has 0 spiro atoms. The average molecular weight is 220 g/mol. The average Bonchev–Trinajstić information content (AvgIpc) is 2.34. The Bertz CT molecular complexity index is 381. The van der Waals surface area contributed by atoms with Crippen molar-refractivity contribution in [3.63, 3.8) is 0 Å². The Morgan fingerprint density at radius 1 is 1.25 bits per heavy atom. The highest BCUT2D eigenvalue weighted by Crippen LogP contribution is 2.00. The lowest BCUT2D eigenvalue weighted by Gasteiger charge is -1.99. The molecule has 4 heteroatoms. The first kappa shape index (κ1) is 12.0. The Labute approximate surface area is 93.5 Å². The van der Waals surface area contributed by atoms with Crippen molar-refractivity contribution in [2.75, 3.05) is 7.11 Å². The van der Waals surface area contributed by atoms with E-state index in [0.717, 1.165) is 18.7 Å². The van der Waals surface area contributed by atoms with Gasteiger partial charge < -0.3 is 9.47 Å². The summed E-state index contributed by atoms with van der Waals surface area (Å²) < 4.78 is 9.31. The topological polar surface area (TPSA) is 52.6 Å². The van der Waals surface area contributed by atoms with Gasteiger partial charge in [-0.3, -0.25) is 4.79 Å². The van der Waals surface area contributed by atoms with E-state index < -0.39 is 11.8 Å². The second kappa shape index (κ2) is 6.40. The first-order valence-corrected chi connectivity index (χ1v) is 4.68. The van der Waals surface area contributed by atoms with Gasteiger partial charge in [0.15, 0.2) is 0 Å². The molecule has 0 aliphatic carbocycles. The highest BCUT2D eigenvalue weighted by atomic mass is 16.5. The second-order valence-corrected chi connectivity index (χ2v) is 2.96. The van der Waals surface area contributed by atoms with Gasteiger partial charge in [0.05, 0.1) is 13.4 Å². The summed E-state index contributed by atoms with van der Waals surface area (Å²) in [6, 6.07) is 9.48. The maximum atomic E-state index is 10.9. The molecule has 1 rings (SSSR count). The van der Waals surface area contributed by atoms with E-state index in [-0.39, 0.29) is 0 Å². The Morgan fingerprint density at radius 3 is 2.56 bits per heavy atom. The van der Waals surface area contributed by atoms with Crippen LogP contribution in [0.3, 0.4) is 0 Å². The van der Waals surface area contributed by atoms with Crippen molar-refractivity contribution < 1.29 is 19.1 Å². The summed E-state index contributed by atoms with van der Waals surface area (Å²) in [5, 5.41) is 0. The predicted octanol–water partition coefficient (Wildman–Crippen LogP) is 1.46. The molecule has 4 nitrogen and oxygen atoms in total. The molecule has 0 aliphatic rings. The molecule has 0 radical (unpaired) electrons. The lowest BCUT2D eigenvalue weighted by Crippen LogP contribution is -2.12. The molecule has 16 heavy (non-hydrogen) atoms. The van der Waals surface area contributed by atoms with Crippen LogP contribution in [0.2, 0.25) is 0 Å². The minimum atomic E-state index is -0.903. The van der Waals surface area contributed by atoms with E-state index in [1.165, 1.54) is 6.26 Å². The minimum absolute atomic E-state index is 0.353. The van der Waals surface area contributed by atoms with E-state index in [1.807, 2.05) is 30.3 Å². The molecule has 84 valence electrons. The van der Waals surface area contributed by atoms with Crippen LogP contribution in [0, 0.1) is 0 Å². The minimum Gasteiger partial charge on any atom is -0.496 e. The van der Waals surface area contributed by atoms with E-state index in [4.69, 9.17) is 4.74 Å². The summed E-state index contributed by atoms with van der Waals surface area (Å²) in [5.41, 5.74) is 0.984. The van der Waals surface area contributed by atoms with Gasteiger partial charge in [0, 0.05) is 6.08 Å². The number of hydrogen-bond acceptors (Lipinski definition) is 4. The molecule has 1 aromatic carbocycles. The zero-order chi connectivity index (χ0) is 11.8. The first-order valence-electron chi connectivity index (χ1n) is 4.68. The van der Waals surface area contributed by atoms with Gasteiger partial charge in [0.1, 0.15) is 6.61 Å². The molecule has 0 aliphatic heterocycles. The van der Waals surface area contributed by atoms with Gasteiger partial charge >= 0.3 is 5.97 Å². The number of hydrogen-bond donors (Lipinski definition) is 0. The summed E-state index contributed by atoms with van der Waals surface area (Å²) in [5.74, 6) is -1.64. The number of methoxy groups -OCH3 is 1. The van der Waals surface area contributed by atoms with Crippen molar-refractivity contribution in [2.45, 2.75) is 6.61 Å². The smallest absolute Gasteiger partial charge is 0.378 e. The number of carbonyl (C=O) groups is 2. The summed E-state index contributed by atoms with van der Waals surface area (Å²) in [4.78, 5) is 21.6. The molecule has 0 amide bonds. The molecular weight excluding hydrogens is 208 g/mol. The second-order valence-electron chi connectivity index (χ2n) is 2.96. The fourth-order valence-corrected chi connectivity index (χ4v) is 0.997. The van der Waals surface area contributed by atoms with Gasteiger partial charge in [0.25, 0.3) is 5.78 Å². The fourth-order valence-electron chi connectivity index (χ4n) is 0.997. The predicted molar refractivity (Wildman–Crippen MR) is 57.4 cm³/mol. The van der Waals surface area contributed by atoms with Crippen LogP contribution in [0.4, 0.5) is 0 Å². The number of carbonyl (C=O) groups excluding carboxylic acids is 2. The molecule has 0 fully saturated rings.